The van der Waals surface area contributed by atoms with Crippen LogP contribution >= 0.6 is 0 Å². The van der Waals surface area contributed by atoms with Gasteiger partial charge in [0.25, 0.3) is 0 Å². The number of fused-ring (bicyclic) bond motifs is 1. The lowest BCUT2D eigenvalue weighted by Gasteiger charge is -2.31. The van der Waals surface area contributed by atoms with Gasteiger partial charge in [0.1, 0.15) is 0 Å². The van der Waals surface area contributed by atoms with Crippen molar-refractivity contribution in [2.45, 2.75) is 26.4 Å². The molecule has 0 radical (unpaired) electrons. The maximum Gasteiger partial charge on any atom is 0.0765 e. The second-order valence-electron chi connectivity index (χ2n) is 5.40. The zero-order valence-electron chi connectivity index (χ0n) is 11.7. The van der Waals surface area contributed by atoms with E-state index in [2.05, 4.69) is 16.8 Å². The minimum Gasteiger partial charge on any atom is -0.396 e. The molecule has 0 spiro atoms. The number of likely N-dealkylation sites (N-methyl/N-ethyl adjacent to an activating group) is 1. The van der Waals surface area contributed by atoms with Crippen molar-refractivity contribution < 1.29 is 5.11 Å². The van der Waals surface area contributed by atoms with E-state index in [1.807, 2.05) is 24.3 Å². The van der Waals surface area contributed by atoms with Crippen LogP contribution in [0.4, 0.5) is 11.4 Å². The topological polar surface area (TPSA) is 62.4 Å². The quantitative estimate of drug-likeness (QED) is 0.828. The van der Waals surface area contributed by atoms with Gasteiger partial charge in [0, 0.05) is 24.7 Å². The number of aromatic nitrogens is 1. The minimum absolute atomic E-state index is 0.541. The van der Waals surface area contributed by atoms with Gasteiger partial charge in [-0.05, 0) is 45.0 Å². The van der Waals surface area contributed by atoms with Gasteiger partial charge in [-0.3, -0.25) is 4.98 Å². The molecule has 1 aromatic heterocycles. The van der Waals surface area contributed by atoms with E-state index >= 15 is 0 Å². The monoisotopic (exact) mass is 259 g/mol. The molecule has 0 aliphatic carbocycles. The first-order valence-electron chi connectivity index (χ1n) is 6.53. The highest BCUT2D eigenvalue weighted by molar-refractivity contribution is 5.97. The Hall–Kier alpha value is -1.81. The standard InChI is InChI=1S/C15H21N3O/c1-4-18(10-15(2,3)19)13-8-7-12-11(14(13)16)6-5-9-17-12/h5-9,19H,4,10,16H2,1-3H3. The molecular formula is C15H21N3O. The highest BCUT2D eigenvalue weighted by atomic mass is 16.3. The zero-order chi connectivity index (χ0) is 14.0. The maximum absolute atomic E-state index is 9.99. The van der Waals surface area contributed by atoms with Crippen molar-refractivity contribution in [1.29, 1.82) is 0 Å². The average Bonchev–Trinajstić information content (AvgIpc) is 2.36. The Morgan fingerprint density at radius 2 is 2.05 bits per heavy atom. The molecular weight excluding hydrogens is 238 g/mol. The fraction of sp³-hybridized carbons (Fsp3) is 0.400. The fourth-order valence-corrected chi connectivity index (χ4v) is 2.27. The molecule has 1 heterocycles. The Kier molecular flexibility index (Phi) is 3.62. The van der Waals surface area contributed by atoms with Crippen LogP contribution in [0.5, 0.6) is 0 Å². The Balaban J connectivity index is 2.46. The minimum atomic E-state index is -0.758. The SMILES string of the molecule is CCN(CC(C)(C)O)c1ccc2ncccc2c1N. The average molecular weight is 259 g/mol. The lowest BCUT2D eigenvalue weighted by molar-refractivity contribution is 0.0876. The van der Waals surface area contributed by atoms with Gasteiger partial charge in [-0.15, -0.1) is 0 Å². The van der Waals surface area contributed by atoms with Crippen LogP contribution in [0.25, 0.3) is 10.9 Å². The number of pyridine rings is 1. The highest BCUT2D eigenvalue weighted by Gasteiger charge is 2.19. The van der Waals surface area contributed by atoms with Crippen molar-refractivity contribution in [2.75, 3.05) is 23.7 Å². The van der Waals surface area contributed by atoms with Crippen LogP contribution in [0, 0.1) is 0 Å². The van der Waals surface area contributed by atoms with Crippen molar-refractivity contribution in [1.82, 2.24) is 4.98 Å². The third-order valence-electron chi connectivity index (χ3n) is 3.10. The van der Waals surface area contributed by atoms with Crippen LogP contribution in [0.3, 0.4) is 0 Å². The van der Waals surface area contributed by atoms with Gasteiger partial charge in [0.2, 0.25) is 0 Å². The molecule has 0 aliphatic rings. The largest absolute Gasteiger partial charge is 0.396 e. The van der Waals surface area contributed by atoms with Crippen molar-refractivity contribution in [3.05, 3.63) is 30.5 Å². The van der Waals surface area contributed by atoms with Gasteiger partial charge >= 0.3 is 0 Å². The lowest BCUT2D eigenvalue weighted by Crippen LogP contribution is -2.38. The third kappa shape index (κ3) is 2.96. The van der Waals surface area contributed by atoms with Crippen molar-refractivity contribution >= 4 is 22.3 Å². The number of nitrogens with two attached hydrogens (primary N) is 1. The van der Waals surface area contributed by atoms with Gasteiger partial charge in [0.15, 0.2) is 0 Å². The van der Waals surface area contributed by atoms with E-state index in [-0.39, 0.29) is 0 Å². The number of hydrogen-bond acceptors (Lipinski definition) is 4. The summed E-state index contributed by atoms with van der Waals surface area (Å²) in [5, 5.41) is 10.9. The molecule has 0 saturated heterocycles. The van der Waals surface area contributed by atoms with Crippen LogP contribution < -0.4 is 10.6 Å². The smallest absolute Gasteiger partial charge is 0.0765 e. The van der Waals surface area contributed by atoms with Gasteiger partial charge < -0.3 is 15.7 Å². The first-order chi connectivity index (χ1) is 8.92. The molecule has 3 N–H and O–H groups in total. The molecule has 0 aliphatic heterocycles. The van der Waals surface area contributed by atoms with E-state index in [1.165, 1.54) is 0 Å². The van der Waals surface area contributed by atoms with Crippen molar-refractivity contribution in [3.63, 3.8) is 0 Å². The summed E-state index contributed by atoms with van der Waals surface area (Å²) in [6, 6.07) is 7.79. The number of nitrogens with zero attached hydrogens (tertiary/aromatic N) is 2. The van der Waals surface area contributed by atoms with E-state index < -0.39 is 5.60 Å². The first-order valence-corrected chi connectivity index (χ1v) is 6.53. The summed E-state index contributed by atoms with van der Waals surface area (Å²) in [4.78, 5) is 6.38. The van der Waals surface area contributed by atoms with Crippen LogP contribution in [0.15, 0.2) is 30.5 Å². The molecule has 1 aromatic carbocycles. The maximum atomic E-state index is 9.99. The van der Waals surface area contributed by atoms with Gasteiger partial charge in [-0.2, -0.15) is 0 Å². The van der Waals surface area contributed by atoms with E-state index in [1.54, 1.807) is 20.0 Å². The summed E-state index contributed by atoms with van der Waals surface area (Å²) in [7, 11) is 0. The molecule has 102 valence electrons. The van der Waals surface area contributed by atoms with Crippen LogP contribution in [-0.4, -0.2) is 28.8 Å². The summed E-state index contributed by atoms with van der Waals surface area (Å²) in [6.45, 7) is 6.99. The Labute approximate surface area is 113 Å². The summed E-state index contributed by atoms with van der Waals surface area (Å²) < 4.78 is 0. The Morgan fingerprint density at radius 1 is 1.32 bits per heavy atom. The van der Waals surface area contributed by atoms with E-state index in [9.17, 15) is 5.11 Å². The zero-order valence-corrected chi connectivity index (χ0v) is 11.7. The number of hydrogen-bond donors (Lipinski definition) is 2. The molecule has 0 bridgehead atoms. The number of rotatable bonds is 4. The summed E-state index contributed by atoms with van der Waals surface area (Å²) in [5.74, 6) is 0. The second kappa shape index (κ2) is 5.05. The number of benzene rings is 1. The van der Waals surface area contributed by atoms with E-state index in [4.69, 9.17) is 5.73 Å². The number of aliphatic hydroxyl groups is 1. The fourth-order valence-electron chi connectivity index (χ4n) is 2.27. The van der Waals surface area contributed by atoms with Crippen LogP contribution in [0.2, 0.25) is 0 Å². The summed E-state index contributed by atoms with van der Waals surface area (Å²) in [6.07, 6.45) is 1.76. The number of nitrogen functional groups attached to an aromatic ring is 1. The molecule has 19 heavy (non-hydrogen) atoms. The molecule has 0 fully saturated rings. The Morgan fingerprint density at radius 3 is 2.68 bits per heavy atom. The van der Waals surface area contributed by atoms with Crippen LogP contribution in [-0.2, 0) is 0 Å². The van der Waals surface area contributed by atoms with Crippen LogP contribution in [0.1, 0.15) is 20.8 Å². The molecule has 0 amide bonds. The van der Waals surface area contributed by atoms with Gasteiger partial charge in [-0.1, -0.05) is 0 Å². The molecule has 4 nitrogen and oxygen atoms in total. The first kappa shape index (κ1) is 13.6. The van der Waals surface area contributed by atoms with Gasteiger partial charge in [-0.25, -0.2) is 0 Å². The molecule has 0 atom stereocenters. The predicted molar refractivity (Wildman–Crippen MR) is 80.3 cm³/mol. The summed E-state index contributed by atoms with van der Waals surface area (Å²) in [5.41, 5.74) is 8.05. The lowest BCUT2D eigenvalue weighted by atomic mass is 10.1. The van der Waals surface area contributed by atoms with Gasteiger partial charge in [0.05, 0.1) is 22.5 Å². The van der Waals surface area contributed by atoms with Crippen molar-refractivity contribution in [3.8, 4) is 0 Å². The molecule has 2 aromatic rings. The van der Waals surface area contributed by atoms with E-state index in [0.29, 0.717) is 6.54 Å². The summed E-state index contributed by atoms with van der Waals surface area (Å²) >= 11 is 0. The third-order valence-corrected chi connectivity index (χ3v) is 3.10. The molecule has 0 saturated carbocycles. The predicted octanol–water partition coefficient (Wildman–Crippen LogP) is 2.41. The number of anilines is 2. The van der Waals surface area contributed by atoms with Crippen molar-refractivity contribution in [2.24, 2.45) is 0 Å². The van der Waals surface area contributed by atoms with E-state index in [0.717, 1.165) is 28.8 Å². The highest BCUT2D eigenvalue weighted by Crippen LogP contribution is 2.31. The molecule has 2 rings (SSSR count). The normalized spacial score (nSPS) is 11.8. The molecule has 4 heteroatoms. The molecule has 0 unspecified atom stereocenters. The second-order valence-corrected chi connectivity index (χ2v) is 5.40. The Bertz CT molecular complexity index is 575.